The number of amides is 2. The molecule has 0 aliphatic carbocycles. The molecule has 0 fully saturated rings. The Bertz CT molecular complexity index is 485. The van der Waals surface area contributed by atoms with E-state index in [0.29, 0.717) is 19.4 Å². The zero-order chi connectivity index (χ0) is 13.8. The molecule has 1 unspecified atom stereocenters. The molecule has 0 radical (unpaired) electrons. The molecule has 19 heavy (non-hydrogen) atoms. The second-order valence-corrected chi connectivity index (χ2v) is 4.76. The number of benzene rings is 1. The Labute approximate surface area is 113 Å². The van der Waals surface area contributed by atoms with Gasteiger partial charge in [-0.15, -0.1) is 0 Å². The highest BCUT2D eigenvalue weighted by Gasteiger charge is 2.37. The molecule has 2 amide bonds. The summed E-state index contributed by atoms with van der Waals surface area (Å²) in [7, 11) is 0. The van der Waals surface area contributed by atoms with Crippen molar-refractivity contribution in [3.05, 3.63) is 29.8 Å². The van der Waals surface area contributed by atoms with E-state index >= 15 is 0 Å². The van der Waals surface area contributed by atoms with Crippen LogP contribution in [0.4, 0.5) is 5.69 Å². The summed E-state index contributed by atoms with van der Waals surface area (Å²) in [6.07, 6.45) is 1.91. The molecular formula is C15H20N2O2. The van der Waals surface area contributed by atoms with Crippen molar-refractivity contribution in [2.45, 2.75) is 39.2 Å². The maximum Gasteiger partial charge on any atom is 0.243 e. The van der Waals surface area contributed by atoms with Gasteiger partial charge in [0.15, 0.2) is 0 Å². The van der Waals surface area contributed by atoms with E-state index in [-0.39, 0.29) is 11.8 Å². The Balaban J connectivity index is 2.25. The molecule has 102 valence electrons. The first kappa shape index (κ1) is 13.6. The Kier molecular flexibility index (Phi) is 4.20. The highest BCUT2D eigenvalue weighted by Crippen LogP contribution is 2.32. The van der Waals surface area contributed by atoms with Crippen LogP contribution in [-0.2, 0) is 16.0 Å². The number of carbonyl (C=O) groups is 2. The van der Waals surface area contributed by atoms with E-state index < -0.39 is 6.04 Å². The molecule has 2 rings (SSSR count). The van der Waals surface area contributed by atoms with Gasteiger partial charge < -0.3 is 5.32 Å². The van der Waals surface area contributed by atoms with E-state index in [9.17, 15) is 9.59 Å². The number of rotatable bonds is 4. The molecule has 0 aromatic heterocycles. The number of para-hydroxylation sites is 1. The average Bonchev–Trinajstić information content (AvgIpc) is 2.83. The van der Waals surface area contributed by atoms with Crippen LogP contribution in [0.3, 0.4) is 0 Å². The van der Waals surface area contributed by atoms with Gasteiger partial charge in [0, 0.05) is 25.1 Å². The van der Waals surface area contributed by atoms with Crippen LogP contribution >= 0.6 is 0 Å². The van der Waals surface area contributed by atoms with Crippen LogP contribution in [0, 0.1) is 0 Å². The Morgan fingerprint density at radius 1 is 1.32 bits per heavy atom. The number of carbonyl (C=O) groups excluding carboxylic acids is 2. The quantitative estimate of drug-likeness (QED) is 0.898. The molecule has 1 aromatic carbocycles. The van der Waals surface area contributed by atoms with Crippen molar-refractivity contribution in [2.24, 2.45) is 0 Å². The lowest BCUT2D eigenvalue weighted by Gasteiger charge is -2.24. The van der Waals surface area contributed by atoms with Crippen molar-refractivity contribution >= 4 is 17.5 Å². The van der Waals surface area contributed by atoms with E-state index in [4.69, 9.17) is 0 Å². The second-order valence-electron chi connectivity index (χ2n) is 4.76. The Morgan fingerprint density at radius 2 is 2.05 bits per heavy atom. The van der Waals surface area contributed by atoms with Crippen LogP contribution in [0.5, 0.6) is 0 Å². The maximum atomic E-state index is 12.2. The molecule has 4 heteroatoms. The van der Waals surface area contributed by atoms with Gasteiger partial charge in [0.25, 0.3) is 0 Å². The van der Waals surface area contributed by atoms with Gasteiger partial charge >= 0.3 is 0 Å². The molecule has 1 aliphatic rings. The lowest BCUT2D eigenvalue weighted by atomic mass is 10.1. The topological polar surface area (TPSA) is 49.4 Å². The van der Waals surface area contributed by atoms with Crippen LogP contribution in [0.1, 0.15) is 32.3 Å². The largest absolute Gasteiger partial charge is 0.354 e. The summed E-state index contributed by atoms with van der Waals surface area (Å²) < 4.78 is 0. The first-order valence-electron chi connectivity index (χ1n) is 6.86. The lowest BCUT2D eigenvalue weighted by Crippen LogP contribution is -2.48. The predicted molar refractivity (Wildman–Crippen MR) is 75.0 cm³/mol. The number of nitrogens with one attached hydrogen (secondary N) is 1. The molecule has 0 saturated heterocycles. The van der Waals surface area contributed by atoms with Gasteiger partial charge in [-0.3, -0.25) is 14.5 Å². The van der Waals surface area contributed by atoms with E-state index in [1.54, 1.807) is 4.90 Å². The predicted octanol–water partition coefficient (Wildman–Crippen LogP) is 1.88. The third-order valence-corrected chi connectivity index (χ3v) is 3.40. The summed E-state index contributed by atoms with van der Waals surface area (Å²) in [4.78, 5) is 26.0. The van der Waals surface area contributed by atoms with Crippen molar-refractivity contribution in [3.63, 3.8) is 0 Å². The van der Waals surface area contributed by atoms with Gasteiger partial charge in [-0.25, -0.2) is 0 Å². The fraction of sp³-hybridized carbons (Fsp3) is 0.467. The summed E-state index contributed by atoms with van der Waals surface area (Å²) in [5.74, 6) is -0.0542. The van der Waals surface area contributed by atoms with Crippen LogP contribution in [0.25, 0.3) is 0 Å². The van der Waals surface area contributed by atoms with Gasteiger partial charge in [0.05, 0.1) is 0 Å². The molecule has 0 bridgehead atoms. The van der Waals surface area contributed by atoms with Crippen molar-refractivity contribution in [1.29, 1.82) is 0 Å². The van der Waals surface area contributed by atoms with E-state index in [1.165, 1.54) is 0 Å². The first-order valence-corrected chi connectivity index (χ1v) is 6.86. The van der Waals surface area contributed by atoms with Crippen molar-refractivity contribution in [2.75, 3.05) is 11.4 Å². The zero-order valence-corrected chi connectivity index (χ0v) is 11.5. The minimum atomic E-state index is -0.392. The van der Waals surface area contributed by atoms with E-state index in [0.717, 1.165) is 17.7 Å². The number of nitrogens with zero attached hydrogens (tertiary/aromatic N) is 1. The minimum Gasteiger partial charge on any atom is -0.354 e. The normalized spacial score (nSPS) is 17.2. The number of hydrogen-bond acceptors (Lipinski definition) is 2. The molecule has 4 nitrogen and oxygen atoms in total. The van der Waals surface area contributed by atoms with Crippen molar-refractivity contribution in [3.8, 4) is 0 Å². The van der Waals surface area contributed by atoms with Gasteiger partial charge in [0.1, 0.15) is 6.04 Å². The molecule has 1 aliphatic heterocycles. The summed E-state index contributed by atoms with van der Waals surface area (Å²) in [5, 5.41) is 2.89. The third-order valence-electron chi connectivity index (χ3n) is 3.40. The number of hydrogen-bond donors (Lipinski definition) is 1. The smallest absolute Gasteiger partial charge is 0.243 e. The summed E-state index contributed by atoms with van der Waals surface area (Å²) in [6, 6.07) is 7.35. The number of anilines is 1. The molecular weight excluding hydrogens is 240 g/mol. The van der Waals surface area contributed by atoms with Crippen LogP contribution in [-0.4, -0.2) is 24.4 Å². The Hall–Kier alpha value is -1.84. The number of fused-ring (bicyclic) bond motifs is 1. The summed E-state index contributed by atoms with van der Waals surface area (Å²) in [6.45, 7) is 4.49. The first-order chi connectivity index (χ1) is 9.19. The fourth-order valence-electron chi connectivity index (χ4n) is 2.44. The van der Waals surface area contributed by atoms with Gasteiger partial charge in [0.2, 0.25) is 11.8 Å². The molecule has 0 saturated carbocycles. The Morgan fingerprint density at radius 3 is 2.74 bits per heavy atom. The molecule has 1 atom stereocenters. The standard InChI is InChI=1S/C15H20N2O2/c1-3-9-16-15(19)13-10-11-7-5-6-8-12(11)17(13)14(18)4-2/h5-8,13H,3-4,9-10H2,1-2H3,(H,16,19). The molecule has 1 aromatic rings. The molecule has 1 heterocycles. The van der Waals surface area contributed by atoms with Gasteiger partial charge in [-0.1, -0.05) is 32.0 Å². The maximum absolute atomic E-state index is 12.2. The zero-order valence-electron chi connectivity index (χ0n) is 11.5. The van der Waals surface area contributed by atoms with Crippen molar-refractivity contribution < 1.29 is 9.59 Å². The minimum absolute atomic E-state index is 0.00148. The lowest BCUT2D eigenvalue weighted by molar-refractivity contribution is -0.126. The SMILES string of the molecule is CCCNC(=O)C1Cc2ccccc2N1C(=O)CC. The van der Waals surface area contributed by atoms with Crippen LogP contribution < -0.4 is 10.2 Å². The third kappa shape index (κ3) is 2.62. The summed E-state index contributed by atoms with van der Waals surface area (Å²) in [5.41, 5.74) is 1.95. The van der Waals surface area contributed by atoms with Crippen molar-refractivity contribution in [1.82, 2.24) is 5.32 Å². The monoisotopic (exact) mass is 260 g/mol. The average molecular weight is 260 g/mol. The van der Waals surface area contributed by atoms with Gasteiger partial charge in [-0.2, -0.15) is 0 Å². The van der Waals surface area contributed by atoms with Crippen LogP contribution in [0.2, 0.25) is 0 Å². The fourth-order valence-corrected chi connectivity index (χ4v) is 2.44. The summed E-state index contributed by atoms with van der Waals surface area (Å²) >= 11 is 0. The highest BCUT2D eigenvalue weighted by atomic mass is 16.2. The highest BCUT2D eigenvalue weighted by molar-refractivity contribution is 6.03. The molecule has 1 N–H and O–H groups in total. The van der Waals surface area contributed by atoms with E-state index in [2.05, 4.69) is 5.32 Å². The second kappa shape index (κ2) is 5.87. The molecule has 0 spiro atoms. The van der Waals surface area contributed by atoms with Gasteiger partial charge in [-0.05, 0) is 18.1 Å². The van der Waals surface area contributed by atoms with E-state index in [1.807, 2.05) is 38.1 Å². The van der Waals surface area contributed by atoms with Crippen LogP contribution in [0.15, 0.2) is 24.3 Å².